The summed E-state index contributed by atoms with van der Waals surface area (Å²) in [6, 6.07) is 3.60. The second-order valence-corrected chi connectivity index (χ2v) is 3.46. The van der Waals surface area contributed by atoms with E-state index < -0.39 is 17.8 Å². The van der Waals surface area contributed by atoms with Gasteiger partial charge in [-0.15, -0.1) is 0 Å². The summed E-state index contributed by atoms with van der Waals surface area (Å²) in [6.45, 7) is 1.48. The third-order valence-corrected chi connectivity index (χ3v) is 2.33. The Labute approximate surface area is 101 Å². The summed E-state index contributed by atoms with van der Waals surface area (Å²) in [5.41, 5.74) is 0.390. The summed E-state index contributed by atoms with van der Waals surface area (Å²) < 4.78 is 18.0. The van der Waals surface area contributed by atoms with Crippen LogP contribution >= 0.6 is 0 Å². The summed E-state index contributed by atoms with van der Waals surface area (Å²) in [7, 11) is 0. The number of carbonyl (C=O) groups excluding carboxylic acids is 1. The van der Waals surface area contributed by atoms with E-state index in [0.29, 0.717) is 10.4 Å². The van der Waals surface area contributed by atoms with Crippen LogP contribution in [0.3, 0.4) is 0 Å². The molecule has 0 saturated heterocycles. The van der Waals surface area contributed by atoms with E-state index in [1.165, 1.54) is 19.1 Å². The molecule has 1 aromatic carbocycles. The van der Waals surface area contributed by atoms with Crippen molar-refractivity contribution < 1.29 is 23.5 Å². The van der Waals surface area contributed by atoms with Gasteiger partial charge in [-0.05, 0) is 19.1 Å². The molecule has 0 radical (unpaired) electrons. The number of hydrogen-bond donors (Lipinski definition) is 1. The molecule has 1 N–H and O–H groups in total. The average molecular weight is 252 g/mol. The van der Waals surface area contributed by atoms with Crippen LogP contribution in [0, 0.1) is 5.82 Å². The zero-order valence-electron chi connectivity index (χ0n) is 9.38. The number of hydrogen-bond acceptors (Lipinski definition) is 4. The molecule has 0 aliphatic carbocycles. The number of nitrogens with zero attached hydrogens (tertiary/aromatic N) is 2. The number of benzene rings is 1. The Kier molecular flexibility index (Phi) is 2.97. The van der Waals surface area contributed by atoms with Crippen LogP contribution in [-0.2, 0) is 0 Å². The fraction of sp³-hybridized carbons (Fsp3) is 0.182. The Morgan fingerprint density at radius 2 is 2.22 bits per heavy atom. The number of aromatic nitrogens is 1. The van der Waals surface area contributed by atoms with Gasteiger partial charge in [-0.1, -0.05) is 0 Å². The van der Waals surface area contributed by atoms with Gasteiger partial charge in [-0.25, -0.2) is 19.1 Å². The van der Waals surface area contributed by atoms with Gasteiger partial charge in [-0.3, -0.25) is 4.79 Å². The number of halogens is 1. The maximum Gasteiger partial charge on any atom is 0.414 e. The molecular formula is C11H9FN2O4. The van der Waals surface area contributed by atoms with Gasteiger partial charge in [0, 0.05) is 12.6 Å². The molecule has 2 aromatic rings. The van der Waals surface area contributed by atoms with Gasteiger partial charge in [0.2, 0.25) is 0 Å². The lowest BCUT2D eigenvalue weighted by molar-refractivity contribution is 0.0715. The Morgan fingerprint density at radius 1 is 1.50 bits per heavy atom. The van der Waals surface area contributed by atoms with Gasteiger partial charge in [-0.2, -0.15) is 0 Å². The first-order valence-electron chi connectivity index (χ1n) is 5.13. The lowest BCUT2D eigenvalue weighted by Gasteiger charge is -2.11. The number of fused-ring (bicyclic) bond motifs is 1. The maximum atomic E-state index is 12.9. The van der Waals surface area contributed by atoms with Gasteiger partial charge in [0.1, 0.15) is 11.3 Å². The molecule has 0 bridgehead atoms. The second kappa shape index (κ2) is 4.44. The normalized spacial score (nSPS) is 10.6. The Balaban J connectivity index is 2.42. The molecule has 94 valence electrons. The predicted molar refractivity (Wildman–Crippen MR) is 58.7 cm³/mol. The number of imide groups is 1. The number of carbonyl (C=O) groups is 2. The molecule has 0 aliphatic rings. The van der Waals surface area contributed by atoms with Crippen LogP contribution in [0.1, 0.15) is 17.6 Å². The highest BCUT2D eigenvalue weighted by Gasteiger charge is 2.25. The smallest absolute Gasteiger partial charge is 0.414 e. The first kappa shape index (κ1) is 12.0. The van der Waals surface area contributed by atoms with Crippen molar-refractivity contribution in [3.8, 4) is 0 Å². The Morgan fingerprint density at radius 3 is 2.83 bits per heavy atom. The highest BCUT2D eigenvalue weighted by atomic mass is 19.1. The van der Waals surface area contributed by atoms with E-state index >= 15 is 0 Å². The zero-order valence-corrected chi connectivity index (χ0v) is 9.38. The highest BCUT2D eigenvalue weighted by molar-refractivity contribution is 6.00. The minimum absolute atomic E-state index is 0.0265. The summed E-state index contributed by atoms with van der Waals surface area (Å²) >= 11 is 0. The molecule has 0 unspecified atom stereocenters. The molecule has 0 atom stereocenters. The number of rotatable bonds is 2. The lowest BCUT2D eigenvalue weighted by atomic mass is 10.3. The van der Waals surface area contributed by atoms with E-state index in [1.807, 2.05) is 0 Å². The van der Waals surface area contributed by atoms with E-state index in [4.69, 9.17) is 9.52 Å². The van der Waals surface area contributed by atoms with E-state index in [0.717, 1.165) is 6.07 Å². The standard InChI is InChI=1S/C11H9FN2O4/c1-2-14(11(16)17)10(15)9-13-7-4-3-6(12)5-8(7)18-9/h3-5H,2H2,1H3,(H,16,17). The van der Waals surface area contributed by atoms with E-state index in [2.05, 4.69) is 4.98 Å². The number of oxazole rings is 1. The fourth-order valence-electron chi connectivity index (χ4n) is 1.47. The predicted octanol–water partition coefficient (Wildman–Crippen LogP) is 2.11. The molecule has 0 aliphatic heterocycles. The molecule has 18 heavy (non-hydrogen) atoms. The molecule has 1 heterocycles. The van der Waals surface area contributed by atoms with Gasteiger partial charge in [0.15, 0.2) is 5.58 Å². The van der Waals surface area contributed by atoms with Crippen LogP contribution in [0.5, 0.6) is 0 Å². The largest absolute Gasteiger partial charge is 0.465 e. The summed E-state index contributed by atoms with van der Waals surface area (Å²) in [6.07, 6.45) is -1.39. The van der Waals surface area contributed by atoms with Crippen molar-refractivity contribution in [2.24, 2.45) is 0 Å². The minimum Gasteiger partial charge on any atom is -0.465 e. The van der Waals surface area contributed by atoms with E-state index in [1.54, 1.807) is 0 Å². The minimum atomic E-state index is -1.39. The summed E-state index contributed by atoms with van der Waals surface area (Å²) in [4.78, 5) is 26.9. The van der Waals surface area contributed by atoms with Gasteiger partial charge in [0.25, 0.3) is 5.89 Å². The van der Waals surface area contributed by atoms with Crippen molar-refractivity contribution in [3.05, 3.63) is 29.9 Å². The highest BCUT2D eigenvalue weighted by Crippen LogP contribution is 2.17. The number of amides is 2. The molecule has 0 fully saturated rings. The molecule has 2 rings (SSSR count). The van der Waals surface area contributed by atoms with Crippen LogP contribution < -0.4 is 0 Å². The van der Waals surface area contributed by atoms with Crippen molar-refractivity contribution in [1.29, 1.82) is 0 Å². The first-order valence-corrected chi connectivity index (χ1v) is 5.13. The molecule has 6 nitrogen and oxygen atoms in total. The molecule has 0 saturated carbocycles. The monoisotopic (exact) mass is 252 g/mol. The van der Waals surface area contributed by atoms with Crippen LogP contribution in [0.4, 0.5) is 9.18 Å². The van der Waals surface area contributed by atoms with Crippen LogP contribution in [0.25, 0.3) is 11.1 Å². The van der Waals surface area contributed by atoms with E-state index in [9.17, 15) is 14.0 Å². The average Bonchev–Trinajstić information content (AvgIpc) is 2.72. The van der Waals surface area contributed by atoms with Crippen molar-refractivity contribution in [2.45, 2.75) is 6.92 Å². The van der Waals surface area contributed by atoms with Crippen molar-refractivity contribution in [3.63, 3.8) is 0 Å². The SMILES string of the molecule is CCN(C(=O)O)C(=O)c1nc2ccc(F)cc2o1. The van der Waals surface area contributed by atoms with Crippen LogP contribution in [0.2, 0.25) is 0 Å². The van der Waals surface area contributed by atoms with Gasteiger partial charge < -0.3 is 9.52 Å². The van der Waals surface area contributed by atoms with Gasteiger partial charge >= 0.3 is 12.0 Å². The van der Waals surface area contributed by atoms with Crippen molar-refractivity contribution in [1.82, 2.24) is 9.88 Å². The quantitative estimate of drug-likeness (QED) is 0.884. The molecule has 2 amide bonds. The second-order valence-electron chi connectivity index (χ2n) is 3.46. The van der Waals surface area contributed by atoms with Gasteiger partial charge in [0.05, 0.1) is 0 Å². The topological polar surface area (TPSA) is 83.6 Å². The number of carboxylic acid groups (broad SMARTS) is 1. The lowest BCUT2D eigenvalue weighted by Crippen LogP contribution is -2.35. The van der Waals surface area contributed by atoms with Crippen molar-refractivity contribution >= 4 is 23.1 Å². The third kappa shape index (κ3) is 2.02. The van der Waals surface area contributed by atoms with Crippen LogP contribution in [-0.4, -0.2) is 33.5 Å². The Hall–Kier alpha value is -2.44. The maximum absolute atomic E-state index is 12.9. The third-order valence-electron chi connectivity index (χ3n) is 2.33. The molecular weight excluding hydrogens is 243 g/mol. The Bertz CT molecular complexity index is 623. The van der Waals surface area contributed by atoms with Crippen LogP contribution in [0.15, 0.2) is 22.6 Å². The molecule has 0 spiro atoms. The summed E-state index contributed by atoms with van der Waals surface area (Å²) in [5.74, 6) is -1.77. The molecule has 7 heteroatoms. The van der Waals surface area contributed by atoms with Crippen molar-refractivity contribution in [2.75, 3.05) is 6.54 Å². The fourth-order valence-corrected chi connectivity index (χ4v) is 1.47. The van der Waals surface area contributed by atoms with E-state index in [-0.39, 0.29) is 18.0 Å². The first-order chi connectivity index (χ1) is 8.52. The molecule has 1 aromatic heterocycles. The zero-order chi connectivity index (χ0) is 13.3. The summed E-state index contributed by atoms with van der Waals surface area (Å²) in [5, 5.41) is 8.80.